The molecule has 0 amide bonds. The molecule has 1 aromatic rings. The predicted octanol–water partition coefficient (Wildman–Crippen LogP) is 4.04. The minimum atomic E-state index is 0.147. The molecule has 1 rings (SSSR count). The van der Waals surface area contributed by atoms with Crippen molar-refractivity contribution >= 4 is 23.1 Å². The van der Waals surface area contributed by atoms with E-state index < -0.39 is 0 Å². The van der Waals surface area contributed by atoms with Gasteiger partial charge in [0, 0.05) is 10.8 Å². The monoisotopic (exact) mass is 229 g/mol. The molecule has 1 aromatic heterocycles. The normalized spacial score (nSPS) is 13.3. The second-order valence-electron chi connectivity index (χ2n) is 5.00. The quantitative estimate of drug-likeness (QED) is 0.759. The van der Waals surface area contributed by atoms with Gasteiger partial charge in [0.05, 0.1) is 10.4 Å². The molecule has 0 aliphatic heterocycles. The average Bonchev–Trinajstić information content (AvgIpc) is 2.51. The van der Waals surface area contributed by atoms with Crippen molar-refractivity contribution in [2.75, 3.05) is 6.26 Å². The summed E-state index contributed by atoms with van der Waals surface area (Å²) in [7, 11) is 0. The van der Waals surface area contributed by atoms with Gasteiger partial charge in [-0.25, -0.2) is 4.98 Å². The lowest BCUT2D eigenvalue weighted by atomic mass is 9.93. The molecule has 0 fully saturated rings. The highest BCUT2D eigenvalue weighted by atomic mass is 32.2. The van der Waals surface area contributed by atoms with Gasteiger partial charge in [-0.05, 0) is 20.1 Å². The molecule has 1 nitrogen and oxygen atoms in total. The third-order valence-electron chi connectivity index (χ3n) is 2.30. The molecule has 80 valence electrons. The molecule has 0 saturated heterocycles. The van der Waals surface area contributed by atoms with E-state index >= 15 is 0 Å². The second kappa shape index (κ2) is 3.86. The standard InChI is InChI=1S/C11H19NS2/c1-10(2,3)8-7-14-9(12-8)11(4,5)13-6/h7H,1-6H3. The lowest BCUT2D eigenvalue weighted by Crippen LogP contribution is -2.15. The van der Waals surface area contributed by atoms with Gasteiger partial charge in [0.2, 0.25) is 0 Å². The summed E-state index contributed by atoms with van der Waals surface area (Å²) in [4.78, 5) is 4.72. The van der Waals surface area contributed by atoms with Gasteiger partial charge in [-0.3, -0.25) is 0 Å². The number of hydrogen-bond donors (Lipinski definition) is 0. The van der Waals surface area contributed by atoms with Crippen LogP contribution in [-0.4, -0.2) is 11.2 Å². The second-order valence-corrected chi connectivity index (χ2v) is 7.29. The maximum absolute atomic E-state index is 4.72. The van der Waals surface area contributed by atoms with Gasteiger partial charge in [-0.1, -0.05) is 20.8 Å². The first kappa shape index (κ1) is 12.1. The van der Waals surface area contributed by atoms with Crippen LogP contribution in [0.1, 0.15) is 45.3 Å². The van der Waals surface area contributed by atoms with E-state index in [-0.39, 0.29) is 10.2 Å². The van der Waals surface area contributed by atoms with Gasteiger partial charge in [0.1, 0.15) is 5.01 Å². The summed E-state index contributed by atoms with van der Waals surface area (Å²) in [6.07, 6.45) is 2.14. The number of nitrogens with zero attached hydrogens (tertiary/aromatic N) is 1. The van der Waals surface area contributed by atoms with Gasteiger partial charge >= 0.3 is 0 Å². The van der Waals surface area contributed by atoms with E-state index in [1.54, 1.807) is 11.3 Å². The first-order valence-electron chi connectivity index (χ1n) is 4.79. The zero-order valence-corrected chi connectivity index (χ0v) is 11.5. The Kier molecular flexibility index (Phi) is 3.32. The van der Waals surface area contributed by atoms with Crippen LogP contribution in [0.2, 0.25) is 0 Å². The molecular formula is C11H19NS2. The van der Waals surface area contributed by atoms with E-state index in [1.807, 2.05) is 11.8 Å². The van der Waals surface area contributed by atoms with Crippen molar-refractivity contribution in [1.82, 2.24) is 4.98 Å². The first-order valence-corrected chi connectivity index (χ1v) is 6.89. The highest BCUT2D eigenvalue weighted by molar-refractivity contribution is 7.99. The lowest BCUT2D eigenvalue weighted by Gasteiger charge is -2.19. The third-order valence-corrected chi connectivity index (χ3v) is 4.81. The summed E-state index contributed by atoms with van der Waals surface area (Å²) in [6.45, 7) is 11.1. The van der Waals surface area contributed by atoms with E-state index in [9.17, 15) is 0 Å². The van der Waals surface area contributed by atoms with Crippen molar-refractivity contribution in [1.29, 1.82) is 0 Å². The molecule has 0 saturated carbocycles. The Morgan fingerprint density at radius 2 is 1.79 bits per heavy atom. The van der Waals surface area contributed by atoms with Crippen molar-refractivity contribution in [3.05, 3.63) is 16.1 Å². The molecule has 14 heavy (non-hydrogen) atoms. The maximum atomic E-state index is 4.72. The van der Waals surface area contributed by atoms with E-state index in [4.69, 9.17) is 4.98 Å². The molecule has 0 aromatic carbocycles. The SMILES string of the molecule is CSC(C)(C)c1nc(C(C)(C)C)cs1. The first-order chi connectivity index (χ1) is 6.27. The third kappa shape index (κ3) is 2.51. The van der Waals surface area contributed by atoms with Gasteiger partial charge in [-0.2, -0.15) is 11.8 Å². The fourth-order valence-electron chi connectivity index (χ4n) is 0.982. The highest BCUT2D eigenvalue weighted by Gasteiger charge is 2.25. The Balaban J connectivity index is 3.00. The van der Waals surface area contributed by atoms with Crippen LogP contribution >= 0.6 is 23.1 Å². The molecule has 0 unspecified atom stereocenters. The summed E-state index contributed by atoms with van der Waals surface area (Å²) in [5.74, 6) is 0. The number of thioether (sulfide) groups is 1. The largest absolute Gasteiger partial charge is 0.244 e. The Morgan fingerprint density at radius 1 is 1.21 bits per heavy atom. The zero-order valence-electron chi connectivity index (χ0n) is 9.84. The molecule has 0 N–H and O–H groups in total. The van der Waals surface area contributed by atoms with Crippen LogP contribution in [0, 0.1) is 0 Å². The molecule has 0 atom stereocenters. The molecule has 0 spiro atoms. The number of rotatable bonds is 2. The minimum Gasteiger partial charge on any atom is -0.244 e. The maximum Gasteiger partial charge on any atom is 0.108 e. The Labute approximate surface area is 95.3 Å². The summed E-state index contributed by atoms with van der Waals surface area (Å²) in [5, 5.41) is 3.42. The summed E-state index contributed by atoms with van der Waals surface area (Å²) < 4.78 is 0.147. The summed E-state index contributed by atoms with van der Waals surface area (Å²) >= 11 is 3.63. The zero-order chi connectivity index (χ0) is 11.0. The molecule has 1 heterocycles. The van der Waals surface area contributed by atoms with Crippen LogP contribution < -0.4 is 0 Å². The van der Waals surface area contributed by atoms with Crippen molar-refractivity contribution in [2.45, 2.75) is 44.8 Å². The van der Waals surface area contributed by atoms with Crippen LogP contribution in [0.4, 0.5) is 0 Å². The summed E-state index contributed by atoms with van der Waals surface area (Å²) in [5.41, 5.74) is 1.38. The van der Waals surface area contributed by atoms with Crippen LogP contribution in [0.25, 0.3) is 0 Å². The van der Waals surface area contributed by atoms with Gasteiger partial charge in [0.25, 0.3) is 0 Å². The lowest BCUT2D eigenvalue weighted by molar-refractivity contribution is 0.568. The number of hydrogen-bond acceptors (Lipinski definition) is 3. The van der Waals surface area contributed by atoms with E-state index in [0.29, 0.717) is 0 Å². The average molecular weight is 229 g/mol. The predicted molar refractivity (Wildman–Crippen MR) is 67.4 cm³/mol. The van der Waals surface area contributed by atoms with Gasteiger partial charge in [0.15, 0.2) is 0 Å². The van der Waals surface area contributed by atoms with Crippen molar-refractivity contribution in [3.63, 3.8) is 0 Å². The Bertz CT molecular complexity index is 307. The molecule has 0 aliphatic rings. The highest BCUT2D eigenvalue weighted by Crippen LogP contribution is 2.37. The van der Waals surface area contributed by atoms with Gasteiger partial charge < -0.3 is 0 Å². The van der Waals surface area contributed by atoms with Crippen molar-refractivity contribution in [3.8, 4) is 0 Å². The van der Waals surface area contributed by atoms with Crippen molar-refractivity contribution < 1.29 is 0 Å². The van der Waals surface area contributed by atoms with Crippen LogP contribution in [-0.2, 0) is 10.2 Å². The van der Waals surface area contributed by atoms with E-state index in [1.165, 1.54) is 10.7 Å². The Morgan fingerprint density at radius 3 is 2.14 bits per heavy atom. The topological polar surface area (TPSA) is 12.9 Å². The molecule has 0 radical (unpaired) electrons. The fourth-order valence-corrected chi connectivity index (χ4v) is 2.66. The molecule has 0 bridgehead atoms. The molecule has 0 aliphatic carbocycles. The van der Waals surface area contributed by atoms with Gasteiger partial charge in [-0.15, -0.1) is 11.3 Å². The fraction of sp³-hybridized carbons (Fsp3) is 0.727. The summed E-state index contributed by atoms with van der Waals surface area (Å²) in [6, 6.07) is 0. The number of thiazole rings is 1. The molecular weight excluding hydrogens is 210 g/mol. The minimum absolute atomic E-state index is 0.147. The van der Waals surface area contributed by atoms with Crippen LogP contribution in [0.15, 0.2) is 5.38 Å². The Hall–Kier alpha value is -0.0200. The molecule has 3 heteroatoms. The van der Waals surface area contributed by atoms with E-state index in [2.05, 4.69) is 46.3 Å². The smallest absolute Gasteiger partial charge is 0.108 e. The number of aromatic nitrogens is 1. The van der Waals surface area contributed by atoms with Crippen LogP contribution in [0.5, 0.6) is 0 Å². The van der Waals surface area contributed by atoms with E-state index in [0.717, 1.165) is 0 Å². The van der Waals surface area contributed by atoms with Crippen LogP contribution in [0.3, 0.4) is 0 Å². The van der Waals surface area contributed by atoms with Crippen molar-refractivity contribution in [2.24, 2.45) is 0 Å².